The molecule has 2 aromatic rings. The van der Waals surface area contributed by atoms with E-state index in [9.17, 15) is 9.59 Å². The largest absolute Gasteiger partial charge is 0.349 e. The van der Waals surface area contributed by atoms with Crippen LogP contribution in [-0.2, 0) is 24.2 Å². The fourth-order valence-electron chi connectivity index (χ4n) is 3.45. The summed E-state index contributed by atoms with van der Waals surface area (Å²) in [6.07, 6.45) is 4.63. The zero-order valence-corrected chi connectivity index (χ0v) is 16.3. The van der Waals surface area contributed by atoms with Crippen molar-refractivity contribution >= 4 is 23.4 Å². The quantitative estimate of drug-likeness (QED) is 0.742. The highest BCUT2D eigenvalue weighted by Gasteiger charge is 2.13. The molecule has 0 aromatic heterocycles. The van der Waals surface area contributed by atoms with Crippen LogP contribution in [0.5, 0.6) is 0 Å². The van der Waals surface area contributed by atoms with Gasteiger partial charge in [-0.2, -0.15) is 0 Å². The zero-order valence-electron chi connectivity index (χ0n) is 15.6. The summed E-state index contributed by atoms with van der Waals surface area (Å²) in [6.45, 7) is 2.38. The molecular formula is C22H25ClN2O2. The number of benzene rings is 2. The second-order valence-electron chi connectivity index (χ2n) is 7.04. The van der Waals surface area contributed by atoms with Gasteiger partial charge in [0.1, 0.15) is 5.88 Å². The molecule has 27 heavy (non-hydrogen) atoms. The van der Waals surface area contributed by atoms with Crippen LogP contribution in [0, 0.1) is 0 Å². The van der Waals surface area contributed by atoms with Crippen molar-refractivity contribution in [2.75, 3.05) is 5.88 Å². The van der Waals surface area contributed by atoms with E-state index in [0.29, 0.717) is 6.54 Å². The third-order valence-electron chi connectivity index (χ3n) is 5.04. The molecule has 5 heteroatoms. The van der Waals surface area contributed by atoms with Gasteiger partial charge in [0.15, 0.2) is 0 Å². The topological polar surface area (TPSA) is 58.2 Å². The SMILES string of the molecule is CC(NC(=O)CCl)c1ccc(CNC(=O)c2ccc3c(c2)CCCC3)cc1. The molecule has 2 aromatic carbocycles. The summed E-state index contributed by atoms with van der Waals surface area (Å²) in [5.74, 6) is -0.280. The van der Waals surface area contributed by atoms with Crippen molar-refractivity contribution < 1.29 is 9.59 Å². The molecule has 2 amide bonds. The molecule has 1 aliphatic carbocycles. The summed E-state index contributed by atoms with van der Waals surface area (Å²) in [4.78, 5) is 23.8. The van der Waals surface area contributed by atoms with Gasteiger partial charge in [0.05, 0.1) is 6.04 Å². The van der Waals surface area contributed by atoms with E-state index in [1.54, 1.807) is 0 Å². The van der Waals surface area contributed by atoms with Crippen molar-refractivity contribution in [3.05, 3.63) is 70.3 Å². The number of hydrogen-bond donors (Lipinski definition) is 2. The predicted molar refractivity (Wildman–Crippen MR) is 108 cm³/mol. The van der Waals surface area contributed by atoms with Crippen molar-refractivity contribution in [2.45, 2.75) is 45.2 Å². The number of rotatable bonds is 6. The lowest BCUT2D eigenvalue weighted by Crippen LogP contribution is -2.27. The Morgan fingerprint density at radius 3 is 2.44 bits per heavy atom. The average molecular weight is 385 g/mol. The number of halogens is 1. The van der Waals surface area contributed by atoms with Crippen LogP contribution in [0.15, 0.2) is 42.5 Å². The number of carbonyl (C=O) groups is 2. The summed E-state index contributed by atoms with van der Waals surface area (Å²) in [6, 6.07) is 13.8. The van der Waals surface area contributed by atoms with Gasteiger partial charge in [0.2, 0.25) is 5.91 Å². The van der Waals surface area contributed by atoms with Gasteiger partial charge in [-0.3, -0.25) is 9.59 Å². The van der Waals surface area contributed by atoms with Crippen molar-refractivity contribution in [1.29, 1.82) is 0 Å². The van der Waals surface area contributed by atoms with Crippen LogP contribution in [0.1, 0.15) is 58.4 Å². The number of amides is 2. The van der Waals surface area contributed by atoms with E-state index in [2.05, 4.69) is 16.7 Å². The van der Waals surface area contributed by atoms with Crippen molar-refractivity contribution in [3.8, 4) is 0 Å². The maximum absolute atomic E-state index is 12.5. The monoisotopic (exact) mass is 384 g/mol. The van der Waals surface area contributed by atoms with Gasteiger partial charge in [-0.15, -0.1) is 11.6 Å². The minimum Gasteiger partial charge on any atom is -0.349 e. The molecule has 1 unspecified atom stereocenters. The standard InChI is InChI=1S/C22H25ClN2O2/c1-15(25-21(26)13-23)17-8-6-16(7-9-17)14-24-22(27)20-11-10-18-4-2-3-5-19(18)12-20/h6-12,15H,2-5,13-14H2,1H3,(H,24,27)(H,25,26). The highest BCUT2D eigenvalue weighted by Crippen LogP contribution is 2.22. The molecule has 4 nitrogen and oxygen atoms in total. The van der Waals surface area contributed by atoms with E-state index in [0.717, 1.165) is 29.5 Å². The Kier molecular flexibility index (Phi) is 6.51. The molecule has 2 N–H and O–H groups in total. The van der Waals surface area contributed by atoms with Gasteiger partial charge in [-0.25, -0.2) is 0 Å². The van der Waals surface area contributed by atoms with Gasteiger partial charge in [0, 0.05) is 12.1 Å². The minimum absolute atomic E-state index is 0.0445. The average Bonchev–Trinajstić information content (AvgIpc) is 2.71. The Bertz CT molecular complexity index is 818. The first-order valence-electron chi connectivity index (χ1n) is 9.41. The van der Waals surface area contributed by atoms with Gasteiger partial charge >= 0.3 is 0 Å². The number of aryl methyl sites for hydroxylation is 2. The second-order valence-corrected chi connectivity index (χ2v) is 7.30. The van der Waals surface area contributed by atoms with E-state index in [-0.39, 0.29) is 23.7 Å². The van der Waals surface area contributed by atoms with Crippen LogP contribution >= 0.6 is 11.6 Å². The first kappa shape index (κ1) is 19.4. The van der Waals surface area contributed by atoms with E-state index >= 15 is 0 Å². The number of hydrogen-bond acceptors (Lipinski definition) is 2. The Morgan fingerprint density at radius 2 is 1.74 bits per heavy atom. The number of nitrogens with one attached hydrogen (secondary N) is 2. The van der Waals surface area contributed by atoms with E-state index in [1.165, 1.54) is 24.0 Å². The van der Waals surface area contributed by atoms with Crippen LogP contribution in [-0.4, -0.2) is 17.7 Å². The summed E-state index contributed by atoms with van der Waals surface area (Å²) >= 11 is 5.52. The summed E-state index contributed by atoms with van der Waals surface area (Å²) in [5.41, 5.74) is 5.43. The van der Waals surface area contributed by atoms with Crippen molar-refractivity contribution in [3.63, 3.8) is 0 Å². The second kappa shape index (κ2) is 9.05. The van der Waals surface area contributed by atoms with Crippen LogP contribution in [0.2, 0.25) is 0 Å². The molecule has 0 bridgehead atoms. The maximum Gasteiger partial charge on any atom is 0.251 e. The fourth-order valence-corrected chi connectivity index (χ4v) is 3.52. The zero-order chi connectivity index (χ0) is 19.2. The predicted octanol–water partition coefficient (Wildman–Crippen LogP) is 3.91. The lowest BCUT2D eigenvalue weighted by Gasteiger charge is -2.16. The van der Waals surface area contributed by atoms with Gasteiger partial charge in [-0.05, 0) is 67.0 Å². The summed E-state index contributed by atoms with van der Waals surface area (Å²) in [7, 11) is 0. The molecular weight excluding hydrogens is 360 g/mol. The van der Waals surface area contributed by atoms with E-state index in [4.69, 9.17) is 11.6 Å². The highest BCUT2D eigenvalue weighted by atomic mass is 35.5. The Labute approximate surface area is 165 Å². The molecule has 1 aliphatic rings. The Hall–Kier alpha value is -2.33. The van der Waals surface area contributed by atoms with E-state index < -0.39 is 0 Å². The van der Waals surface area contributed by atoms with Gasteiger partial charge in [0.25, 0.3) is 5.91 Å². The minimum atomic E-state index is -0.189. The molecule has 0 fully saturated rings. The first-order valence-corrected chi connectivity index (χ1v) is 9.94. The number of alkyl halides is 1. The van der Waals surface area contributed by atoms with Gasteiger partial charge < -0.3 is 10.6 Å². The molecule has 142 valence electrons. The third-order valence-corrected chi connectivity index (χ3v) is 5.29. The van der Waals surface area contributed by atoms with Crippen LogP contribution in [0.25, 0.3) is 0 Å². The molecule has 0 heterocycles. The lowest BCUT2D eigenvalue weighted by atomic mass is 9.90. The molecule has 0 radical (unpaired) electrons. The summed E-state index contributed by atoms with van der Waals surface area (Å²) in [5, 5.41) is 5.81. The summed E-state index contributed by atoms with van der Waals surface area (Å²) < 4.78 is 0. The fraction of sp³-hybridized carbons (Fsp3) is 0.364. The van der Waals surface area contributed by atoms with Gasteiger partial charge in [-0.1, -0.05) is 30.3 Å². The van der Waals surface area contributed by atoms with Crippen LogP contribution < -0.4 is 10.6 Å². The highest BCUT2D eigenvalue weighted by molar-refractivity contribution is 6.27. The Balaban J connectivity index is 1.56. The van der Waals surface area contributed by atoms with Crippen molar-refractivity contribution in [1.82, 2.24) is 10.6 Å². The van der Waals surface area contributed by atoms with Crippen LogP contribution in [0.3, 0.4) is 0 Å². The molecule has 0 saturated carbocycles. The Morgan fingerprint density at radius 1 is 1.04 bits per heavy atom. The van der Waals surface area contributed by atoms with Crippen LogP contribution in [0.4, 0.5) is 0 Å². The maximum atomic E-state index is 12.5. The number of carbonyl (C=O) groups excluding carboxylic acids is 2. The molecule has 3 rings (SSSR count). The first-order chi connectivity index (χ1) is 13.1. The molecule has 0 saturated heterocycles. The molecule has 1 atom stereocenters. The van der Waals surface area contributed by atoms with Crippen molar-refractivity contribution in [2.24, 2.45) is 0 Å². The third kappa shape index (κ3) is 5.10. The smallest absolute Gasteiger partial charge is 0.251 e. The normalized spacial score (nSPS) is 14.1. The molecule has 0 aliphatic heterocycles. The number of fused-ring (bicyclic) bond motifs is 1. The van der Waals surface area contributed by atoms with E-state index in [1.807, 2.05) is 43.3 Å². The lowest BCUT2D eigenvalue weighted by molar-refractivity contribution is -0.119. The molecule has 0 spiro atoms.